The lowest BCUT2D eigenvalue weighted by Gasteiger charge is -2.10. The molecule has 94 valence electrons. The molecule has 1 heterocycles. The SMILES string of the molecule is COC(=O)c1c(O)c2cc(Br)ccc2n(C)c1=O. The second-order valence-corrected chi connectivity index (χ2v) is 4.66. The predicted molar refractivity (Wildman–Crippen MR) is 69.9 cm³/mol. The van der Waals surface area contributed by atoms with E-state index in [-0.39, 0.29) is 11.3 Å². The van der Waals surface area contributed by atoms with Gasteiger partial charge in [0.05, 0.1) is 12.6 Å². The zero-order chi connectivity index (χ0) is 13.4. The smallest absolute Gasteiger partial charge is 0.347 e. The Kier molecular flexibility index (Phi) is 3.13. The summed E-state index contributed by atoms with van der Waals surface area (Å²) in [6.45, 7) is 0. The average Bonchev–Trinajstić information content (AvgIpc) is 2.36. The molecule has 0 fully saturated rings. The number of methoxy groups -OCH3 is 1. The number of aromatic hydroxyl groups is 1. The van der Waals surface area contributed by atoms with Gasteiger partial charge in [0.2, 0.25) is 0 Å². The van der Waals surface area contributed by atoms with E-state index in [4.69, 9.17) is 0 Å². The molecule has 0 unspecified atom stereocenters. The highest BCUT2D eigenvalue weighted by molar-refractivity contribution is 9.10. The number of halogens is 1. The molecule has 1 aromatic carbocycles. The Balaban J connectivity index is 2.98. The Bertz CT molecular complexity index is 705. The number of aromatic nitrogens is 1. The maximum Gasteiger partial charge on any atom is 0.347 e. The van der Waals surface area contributed by atoms with E-state index in [1.54, 1.807) is 18.2 Å². The third-order valence-corrected chi connectivity index (χ3v) is 3.21. The van der Waals surface area contributed by atoms with Crippen molar-refractivity contribution < 1.29 is 14.6 Å². The quantitative estimate of drug-likeness (QED) is 0.815. The van der Waals surface area contributed by atoms with Gasteiger partial charge in [0.15, 0.2) is 5.56 Å². The van der Waals surface area contributed by atoms with Gasteiger partial charge in [-0.15, -0.1) is 0 Å². The number of benzene rings is 1. The van der Waals surface area contributed by atoms with Gasteiger partial charge in [0, 0.05) is 16.9 Å². The summed E-state index contributed by atoms with van der Waals surface area (Å²) in [5, 5.41) is 10.5. The summed E-state index contributed by atoms with van der Waals surface area (Å²) in [7, 11) is 2.69. The fraction of sp³-hybridized carbons (Fsp3) is 0.167. The normalized spacial score (nSPS) is 10.6. The van der Waals surface area contributed by atoms with E-state index in [2.05, 4.69) is 20.7 Å². The van der Waals surface area contributed by atoms with E-state index in [1.807, 2.05) is 0 Å². The van der Waals surface area contributed by atoms with Crippen LogP contribution in [0.25, 0.3) is 10.9 Å². The van der Waals surface area contributed by atoms with Crippen LogP contribution in [0.15, 0.2) is 27.5 Å². The van der Waals surface area contributed by atoms with Gasteiger partial charge in [-0.3, -0.25) is 4.79 Å². The van der Waals surface area contributed by atoms with E-state index in [0.29, 0.717) is 10.9 Å². The monoisotopic (exact) mass is 311 g/mol. The summed E-state index contributed by atoms with van der Waals surface area (Å²) in [6.07, 6.45) is 0. The molecule has 2 rings (SSSR count). The number of hydrogen-bond acceptors (Lipinski definition) is 4. The molecule has 0 aliphatic carbocycles. The largest absolute Gasteiger partial charge is 0.506 e. The average molecular weight is 312 g/mol. The van der Waals surface area contributed by atoms with Crippen molar-refractivity contribution in [1.82, 2.24) is 4.57 Å². The van der Waals surface area contributed by atoms with Gasteiger partial charge in [0.25, 0.3) is 5.56 Å². The minimum Gasteiger partial charge on any atom is -0.506 e. The van der Waals surface area contributed by atoms with E-state index < -0.39 is 11.5 Å². The molecule has 0 saturated carbocycles. The van der Waals surface area contributed by atoms with Crippen molar-refractivity contribution in [1.29, 1.82) is 0 Å². The number of carbonyl (C=O) groups excluding carboxylic acids is 1. The molecular weight excluding hydrogens is 302 g/mol. The number of aryl methyl sites for hydroxylation is 1. The molecular formula is C12H10BrNO4. The molecule has 0 bridgehead atoms. The van der Waals surface area contributed by atoms with E-state index >= 15 is 0 Å². The molecule has 5 nitrogen and oxygen atoms in total. The van der Waals surface area contributed by atoms with Gasteiger partial charge in [-0.1, -0.05) is 15.9 Å². The topological polar surface area (TPSA) is 68.5 Å². The lowest BCUT2D eigenvalue weighted by atomic mass is 10.1. The van der Waals surface area contributed by atoms with Crippen LogP contribution < -0.4 is 5.56 Å². The molecule has 6 heteroatoms. The van der Waals surface area contributed by atoms with Crippen molar-refractivity contribution in [3.8, 4) is 5.75 Å². The number of rotatable bonds is 1. The van der Waals surface area contributed by atoms with Crippen LogP contribution in [0.2, 0.25) is 0 Å². The second-order valence-electron chi connectivity index (χ2n) is 3.74. The fourth-order valence-corrected chi connectivity index (χ4v) is 2.15. The molecule has 1 N–H and O–H groups in total. The van der Waals surface area contributed by atoms with Crippen LogP contribution in [-0.4, -0.2) is 22.8 Å². The number of esters is 1. The number of pyridine rings is 1. The zero-order valence-corrected chi connectivity index (χ0v) is 11.3. The van der Waals surface area contributed by atoms with Gasteiger partial charge < -0.3 is 14.4 Å². The number of nitrogens with zero attached hydrogens (tertiary/aromatic N) is 1. The highest BCUT2D eigenvalue weighted by Crippen LogP contribution is 2.28. The number of carbonyl (C=O) groups is 1. The summed E-state index contributed by atoms with van der Waals surface area (Å²) in [5.74, 6) is -1.21. The van der Waals surface area contributed by atoms with Gasteiger partial charge in [-0.05, 0) is 18.2 Å². The van der Waals surface area contributed by atoms with Crippen LogP contribution in [0.4, 0.5) is 0 Å². The Morgan fingerprint density at radius 3 is 2.72 bits per heavy atom. The highest BCUT2D eigenvalue weighted by Gasteiger charge is 2.21. The standard InChI is InChI=1S/C12H10BrNO4/c1-14-8-4-3-6(13)5-7(8)10(15)9(11(14)16)12(17)18-2/h3-5,15H,1-2H3. The molecule has 18 heavy (non-hydrogen) atoms. The molecule has 0 aliphatic rings. The van der Waals surface area contributed by atoms with Crippen molar-refractivity contribution in [3.05, 3.63) is 38.6 Å². The predicted octanol–water partition coefficient (Wildman–Crippen LogP) is 1.79. The van der Waals surface area contributed by atoms with Crippen LogP contribution in [-0.2, 0) is 11.8 Å². The molecule has 0 saturated heterocycles. The Labute approximate surface area is 111 Å². The van der Waals surface area contributed by atoms with E-state index in [1.165, 1.54) is 11.6 Å². The van der Waals surface area contributed by atoms with Gasteiger partial charge in [-0.2, -0.15) is 0 Å². The van der Waals surface area contributed by atoms with E-state index in [9.17, 15) is 14.7 Å². The second kappa shape index (κ2) is 4.45. The number of fused-ring (bicyclic) bond motifs is 1. The summed E-state index contributed by atoms with van der Waals surface area (Å²) < 4.78 is 6.54. The van der Waals surface area contributed by atoms with Crippen LogP contribution in [0.1, 0.15) is 10.4 Å². The number of hydrogen-bond donors (Lipinski definition) is 1. The van der Waals surface area contributed by atoms with Crippen LogP contribution in [0.5, 0.6) is 5.75 Å². The summed E-state index contributed by atoms with van der Waals surface area (Å²) in [6, 6.07) is 5.07. The van der Waals surface area contributed by atoms with Crippen molar-refractivity contribution >= 4 is 32.8 Å². The van der Waals surface area contributed by atoms with Crippen LogP contribution in [0.3, 0.4) is 0 Å². The minimum atomic E-state index is -0.852. The third kappa shape index (κ3) is 1.78. The molecule has 0 spiro atoms. The lowest BCUT2D eigenvalue weighted by molar-refractivity contribution is 0.0595. The Morgan fingerprint density at radius 1 is 1.44 bits per heavy atom. The Hall–Kier alpha value is -1.82. The summed E-state index contributed by atoms with van der Waals surface area (Å²) >= 11 is 3.27. The lowest BCUT2D eigenvalue weighted by Crippen LogP contribution is -2.25. The molecule has 2 aromatic rings. The maximum absolute atomic E-state index is 12.0. The number of ether oxygens (including phenoxy) is 1. The minimum absolute atomic E-state index is 0.356. The van der Waals surface area contributed by atoms with Crippen molar-refractivity contribution in [2.24, 2.45) is 7.05 Å². The molecule has 0 amide bonds. The van der Waals surface area contributed by atoms with Gasteiger partial charge in [0.1, 0.15) is 5.75 Å². The molecule has 0 atom stereocenters. The van der Waals surface area contributed by atoms with Gasteiger partial charge >= 0.3 is 5.97 Å². The van der Waals surface area contributed by atoms with Crippen molar-refractivity contribution in [2.45, 2.75) is 0 Å². The first kappa shape index (κ1) is 12.6. The van der Waals surface area contributed by atoms with E-state index in [0.717, 1.165) is 11.6 Å². The molecule has 0 aliphatic heterocycles. The highest BCUT2D eigenvalue weighted by atomic mass is 79.9. The molecule has 1 aromatic heterocycles. The Morgan fingerprint density at radius 2 is 2.11 bits per heavy atom. The first-order valence-electron chi connectivity index (χ1n) is 5.07. The first-order chi connectivity index (χ1) is 8.47. The van der Waals surface area contributed by atoms with Crippen molar-refractivity contribution in [3.63, 3.8) is 0 Å². The fourth-order valence-electron chi connectivity index (χ4n) is 1.79. The summed E-state index contributed by atoms with van der Waals surface area (Å²) in [4.78, 5) is 23.5. The first-order valence-corrected chi connectivity index (χ1v) is 5.86. The van der Waals surface area contributed by atoms with Crippen LogP contribution >= 0.6 is 15.9 Å². The van der Waals surface area contributed by atoms with Crippen molar-refractivity contribution in [2.75, 3.05) is 7.11 Å². The maximum atomic E-state index is 12.0. The van der Waals surface area contributed by atoms with Crippen LogP contribution in [0, 0.1) is 0 Å². The molecule has 0 radical (unpaired) electrons. The summed E-state index contributed by atoms with van der Waals surface area (Å²) in [5.41, 5.74) is -0.409. The zero-order valence-electron chi connectivity index (χ0n) is 9.73. The third-order valence-electron chi connectivity index (χ3n) is 2.72. The van der Waals surface area contributed by atoms with Gasteiger partial charge in [-0.25, -0.2) is 4.79 Å².